The van der Waals surface area contributed by atoms with Crippen molar-refractivity contribution in [2.45, 2.75) is 45.3 Å². The minimum absolute atomic E-state index is 0.104. The molecule has 6 heteroatoms. The summed E-state index contributed by atoms with van der Waals surface area (Å²) in [6.45, 7) is 5.78. The van der Waals surface area contributed by atoms with Crippen LogP contribution in [0.3, 0.4) is 0 Å². The average molecular weight is 344 g/mol. The van der Waals surface area contributed by atoms with Gasteiger partial charge in [-0.2, -0.15) is 0 Å². The third-order valence-electron chi connectivity index (χ3n) is 5.82. The second-order valence-electron chi connectivity index (χ2n) is 7.17. The summed E-state index contributed by atoms with van der Waals surface area (Å²) < 4.78 is 11.5. The summed E-state index contributed by atoms with van der Waals surface area (Å²) in [5.74, 6) is 0.229. The van der Waals surface area contributed by atoms with Gasteiger partial charge in [-0.3, -0.25) is 4.79 Å². The third kappa shape index (κ3) is 2.64. The molecule has 134 valence electrons. The Balaban J connectivity index is 1.47. The second-order valence-corrected chi connectivity index (χ2v) is 7.17. The molecule has 1 saturated heterocycles. The van der Waals surface area contributed by atoms with Crippen molar-refractivity contribution in [1.82, 2.24) is 9.88 Å². The number of aromatic nitrogens is 1. The average Bonchev–Trinajstić information content (AvgIpc) is 3.04. The maximum atomic E-state index is 12.8. The predicted octanol–water partition coefficient (Wildman–Crippen LogP) is 2.53. The lowest BCUT2D eigenvalue weighted by Gasteiger charge is -2.56. The molecule has 1 spiro atoms. The molecule has 1 aliphatic heterocycles. The molecule has 6 nitrogen and oxygen atoms in total. The number of ether oxygens (including phenoxy) is 1. The fourth-order valence-electron chi connectivity index (χ4n) is 4.23. The summed E-state index contributed by atoms with van der Waals surface area (Å²) in [4.78, 5) is 19.0. The van der Waals surface area contributed by atoms with Crippen LogP contribution in [-0.4, -0.2) is 52.8 Å². The fraction of sp³-hybridized carbons (Fsp3) is 0.579. The van der Waals surface area contributed by atoms with E-state index in [1.54, 1.807) is 6.07 Å². The highest BCUT2D eigenvalue weighted by Crippen LogP contribution is 2.51. The summed E-state index contributed by atoms with van der Waals surface area (Å²) in [6.07, 6.45) is 2.03. The zero-order chi connectivity index (χ0) is 17.6. The van der Waals surface area contributed by atoms with Crippen LogP contribution in [0.25, 0.3) is 11.1 Å². The molecular formula is C19H24N2O4. The lowest BCUT2D eigenvalue weighted by Crippen LogP contribution is -2.62. The Kier molecular flexibility index (Phi) is 4.04. The van der Waals surface area contributed by atoms with Crippen molar-refractivity contribution in [3.8, 4) is 0 Å². The first-order valence-electron chi connectivity index (χ1n) is 8.99. The van der Waals surface area contributed by atoms with E-state index in [1.165, 1.54) is 0 Å². The molecule has 2 aromatic heterocycles. The molecule has 2 aliphatic rings. The number of amides is 1. The van der Waals surface area contributed by atoms with Crippen molar-refractivity contribution in [1.29, 1.82) is 0 Å². The Morgan fingerprint density at radius 3 is 2.88 bits per heavy atom. The number of aliphatic hydroxyl groups is 1. The van der Waals surface area contributed by atoms with Gasteiger partial charge in [0.25, 0.3) is 5.91 Å². The van der Waals surface area contributed by atoms with Gasteiger partial charge in [-0.25, -0.2) is 4.98 Å². The van der Waals surface area contributed by atoms with Gasteiger partial charge in [0.1, 0.15) is 5.52 Å². The van der Waals surface area contributed by atoms with E-state index in [9.17, 15) is 9.90 Å². The lowest BCUT2D eigenvalue weighted by atomic mass is 9.58. The van der Waals surface area contributed by atoms with Gasteiger partial charge in [0.2, 0.25) is 0 Å². The van der Waals surface area contributed by atoms with Gasteiger partial charge in [-0.1, -0.05) is 0 Å². The number of rotatable bonds is 3. The van der Waals surface area contributed by atoms with Crippen molar-refractivity contribution < 1.29 is 19.1 Å². The number of likely N-dealkylation sites (tertiary alicyclic amines) is 1. The number of aliphatic hydroxyl groups excluding tert-OH is 1. The summed E-state index contributed by atoms with van der Waals surface area (Å²) in [7, 11) is 0. The number of carbonyl (C=O) groups excluding carboxylic acids is 1. The summed E-state index contributed by atoms with van der Waals surface area (Å²) >= 11 is 0. The maximum Gasteiger partial charge on any atom is 0.289 e. The second kappa shape index (κ2) is 6.11. The van der Waals surface area contributed by atoms with Crippen molar-refractivity contribution in [3.63, 3.8) is 0 Å². The molecule has 3 heterocycles. The van der Waals surface area contributed by atoms with Gasteiger partial charge >= 0.3 is 0 Å². The number of hydrogen-bond acceptors (Lipinski definition) is 5. The molecule has 1 saturated carbocycles. The van der Waals surface area contributed by atoms with E-state index < -0.39 is 0 Å². The number of carbonyl (C=O) groups is 1. The number of aryl methyl sites for hydroxylation is 1. The highest BCUT2D eigenvalue weighted by molar-refractivity contribution is 5.95. The number of fused-ring (bicyclic) bond motifs is 1. The van der Waals surface area contributed by atoms with E-state index >= 15 is 0 Å². The molecule has 0 aromatic carbocycles. The zero-order valence-electron chi connectivity index (χ0n) is 14.7. The van der Waals surface area contributed by atoms with E-state index in [4.69, 9.17) is 9.15 Å². The SMILES string of the molecule is CCO[C@H]1C[C@@H](O)C12CCN(C(=O)c1cc3nc(C)ccc3o1)CC2. The molecule has 1 aliphatic carbocycles. The first-order chi connectivity index (χ1) is 12.0. The molecular weight excluding hydrogens is 320 g/mol. The van der Waals surface area contributed by atoms with Crippen molar-refractivity contribution >= 4 is 17.0 Å². The molecule has 25 heavy (non-hydrogen) atoms. The van der Waals surface area contributed by atoms with Crippen molar-refractivity contribution in [3.05, 3.63) is 29.7 Å². The van der Waals surface area contributed by atoms with E-state index in [0.717, 1.165) is 18.5 Å². The molecule has 0 radical (unpaired) electrons. The molecule has 1 N–H and O–H groups in total. The molecule has 1 amide bonds. The first-order valence-corrected chi connectivity index (χ1v) is 8.99. The highest BCUT2D eigenvalue weighted by atomic mass is 16.5. The Morgan fingerprint density at radius 1 is 1.44 bits per heavy atom. The van der Waals surface area contributed by atoms with Crippen LogP contribution in [-0.2, 0) is 4.74 Å². The monoisotopic (exact) mass is 344 g/mol. The largest absolute Gasteiger partial charge is 0.449 e. The topological polar surface area (TPSA) is 75.8 Å². The molecule has 0 unspecified atom stereocenters. The smallest absolute Gasteiger partial charge is 0.289 e. The standard InChI is InChI=1S/C19H24N2O4/c1-3-24-17-11-16(22)19(17)6-8-21(9-7-19)18(23)15-10-13-14(25-15)5-4-12(2)20-13/h4-5,10,16-17,22H,3,6-9,11H2,1-2H3/t16-,17+/m1/s1. The van der Waals surface area contributed by atoms with Crippen LogP contribution >= 0.6 is 0 Å². The van der Waals surface area contributed by atoms with Gasteiger partial charge in [0.05, 0.1) is 12.2 Å². The van der Waals surface area contributed by atoms with E-state index in [-0.39, 0.29) is 23.5 Å². The fourth-order valence-corrected chi connectivity index (χ4v) is 4.23. The van der Waals surface area contributed by atoms with E-state index in [1.807, 2.05) is 30.9 Å². The minimum atomic E-state index is -0.320. The molecule has 2 aromatic rings. The number of piperidine rings is 1. The number of hydrogen-bond donors (Lipinski definition) is 1. The molecule has 4 rings (SSSR count). The Morgan fingerprint density at radius 2 is 2.20 bits per heavy atom. The number of pyridine rings is 1. The Labute approximate surface area is 146 Å². The van der Waals surface area contributed by atoms with Crippen LogP contribution < -0.4 is 0 Å². The summed E-state index contributed by atoms with van der Waals surface area (Å²) in [6, 6.07) is 5.43. The van der Waals surface area contributed by atoms with Crippen LogP contribution in [0.4, 0.5) is 0 Å². The molecule has 2 fully saturated rings. The summed E-state index contributed by atoms with van der Waals surface area (Å²) in [5, 5.41) is 10.3. The minimum Gasteiger partial charge on any atom is -0.449 e. The number of furan rings is 1. The van der Waals surface area contributed by atoms with Gasteiger partial charge in [0.15, 0.2) is 11.3 Å². The Bertz CT molecular complexity index is 790. The predicted molar refractivity (Wildman–Crippen MR) is 92.4 cm³/mol. The van der Waals surface area contributed by atoms with Crippen LogP contribution in [0.5, 0.6) is 0 Å². The first kappa shape index (κ1) is 16.5. The highest BCUT2D eigenvalue weighted by Gasteiger charge is 2.56. The van der Waals surface area contributed by atoms with Crippen LogP contribution in [0, 0.1) is 12.3 Å². The quantitative estimate of drug-likeness (QED) is 0.926. The van der Waals surface area contributed by atoms with Crippen LogP contribution in [0.15, 0.2) is 22.6 Å². The van der Waals surface area contributed by atoms with Gasteiger partial charge in [-0.05, 0) is 38.8 Å². The number of nitrogens with zero attached hydrogens (tertiary/aromatic N) is 2. The lowest BCUT2D eigenvalue weighted by molar-refractivity contribution is -0.207. The zero-order valence-corrected chi connectivity index (χ0v) is 14.7. The third-order valence-corrected chi connectivity index (χ3v) is 5.82. The van der Waals surface area contributed by atoms with Crippen molar-refractivity contribution in [2.24, 2.45) is 5.41 Å². The van der Waals surface area contributed by atoms with E-state index in [0.29, 0.717) is 43.0 Å². The Hall–Kier alpha value is -1.92. The molecule has 0 bridgehead atoms. The van der Waals surface area contributed by atoms with Crippen LogP contribution in [0.1, 0.15) is 42.4 Å². The van der Waals surface area contributed by atoms with Gasteiger partial charge < -0.3 is 19.2 Å². The summed E-state index contributed by atoms with van der Waals surface area (Å²) in [5.41, 5.74) is 2.06. The van der Waals surface area contributed by atoms with Gasteiger partial charge in [0, 0.05) is 43.3 Å². The normalized spacial score (nSPS) is 25.3. The maximum absolute atomic E-state index is 12.8. The van der Waals surface area contributed by atoms with E-state index in [2.05, 4.69) is 4.98 Å². The van der Waals surface area contributed by atoms with Crippen LogP contribution in [0.2, 0.25) is 0 Å². The van der Waals surface area contributed by atoms with Crippen molar-refractivity contribution in [2.75, 3.05) is 19.7 Å². The molecule has 2 atom stereocenters. The van der Waals surface area contributed by atoms with Gasteiger partial charge in [-0.15, -0.1) is 0 Å².